The van der Waals surface area contributed by atoms with Crippen LogP contribution in [0, 0.1) is 17.8 Å². The molecule has 0 spiro atoms. The maximum Gasteiger partial charge on any atom is -0.0420 e. The van der Waals surface area contributed by atoms with Gasteiger partial charge in [0.15, 0.2) is 0 Å². The molecule has 0 amide bonds. The predicted molar refractivity (Wildman–Crippen MR) is 77.9 cm³/mol. The Bertz CT molecular complexity index is 113. The molecule has 0 N–H and O–H groups in total. The summed E-state index contributed by atoms with van der Waals surface area (Å²) in [6.45, 7) is 16.0. The average molecular weight is 228 g/mol. The van der Waals surface area contributed by atoms with E-state index in [0.717, 1.165) is 17.8 Å². The van der Waals surface area contributed by atoms with Crippen LogP contribution in [0.4, 0.5) is 0 Å². The third-order valence-corrected chi connectivity index (χ3v) is 3.27. The van der Waals surface area contributed by atoms with Crippen molar-refractivity contribution in [1.29, 1.82) is 0 Å². The molecule has 0 bridgehead atoms. The monoisotopic (exact) mass is 228 g/mol. The van der Waals surface area contributed by atoms with E-state index in [-0.39, 0.29) is 0 Å². The third kappa shape index (κ3) is 16.4. The molecule has 16 heavy (non-hydrogen) atoms. The standard InChI is InChI=1S/2C8H18/c1-5-6-8(4)7(2)3;1-4-5-6-7-8(2)3/h7-8H,5-6H2,1-4H3;8H,4-7H2,1-3H3. The molecule has 0 heteroatoms. The summed E-state index contributed by atoms with van der Waals surface area (Å²) in [6, 6.07) is 0. The Kier molecular flexibility index (Phi) is 15.0. The molecule has 0 fully saturated rings. The number of hydrogen-bond acceptors (Lipinski definition) is 0. The van der Waals surface area contributed by atoms with Gasteiger partial charge in [-0.15, -0.1) is 0 Å². The van der Waals surface area contributed by atoms with Crippen molar-refractivity contribution in [2.75, 3.05) is 0 Å². The second-order valence-corrected chi connectivity index (χ2v) is 5.90. The van der Waals surface area contributed by atoms with E-state index in [1.165, 1.54) is 38.5 Å². The molecule has 0 rings (SSSR count). The van der Waals surface area contributed by atoms with Gasteiger partial charge in [0, 0.05) is 0 Å². The molecule has 0 aromatic heterocycles. The predicted octanol–water partition coefficient (Wildman–Crippen LogP) is 6.30. The SMILES string of the molecule is CCCC(C)C(C)C.CCCCCC(C)C. The van der Waals surface area contributed by atoms with Crippen LogP contribution in [0.15, 0.2) is 0 Å². The lowest BCUT2D eigenvalue weighted by Crippen LogP contribution is -2.02. The summed E-state index contributed by atoms with van der Waals surface area (Å²) in [4.78, 5) is 0. The van der Waals surface area contributed by atoms with E-state index < -0.39 is 0 Å². The lowest BCUT2D eigenvalue weighted by Gasteiger charge is -2.12. The van der Waals surface area contributed by atoms with Crippen molar-refractivity contribution in [3.8, 4) is 0 Å². The lowest BCUT2D eigenvalue weighted by atomic mass is 9.94. The zero-order valence-corrected chi connectivity index (χ0v) is 13.0. The highest BCUT2D eigenvalue weighted by atomic mass is 14.1. The summed E-state index contributed by atoms with van der Waals surface area (Å²) in [5.74, 6) is 2.69. The van der Waals surface area contributed by atoms with Gasteiger partial charge < -0.3 is 0 Å². The van der Waals surface area contributed by atoms with Gasteiger partial charge in [-0.3, -0.25) is 0 Å². The van der Waals surface area contributed by atoms with Gasteiger partial charge >= 0.3 is 0 Å². The molecule has 0 saturated heterocycles. The minimum atomic E-state index is 0.870. The fraction of sp³-hybridized carbons (Fsp3) is 1.00. The van der Waals surface area contributed by atoms with Crippen molar-refractivity contribution in [1.82, 2.24) is 0 Å². The maximum absolute atomic E-state index is 2.33. The van der Waals surface area contributed by atoms with E-state index in [4.69, 9.17) is 0 Å². The molecule has 0 nitrogen and oxygen atoms in total. The molecule has 0 saturated carbocycles. The molecule has 1 unspecified atom stereocenters. The molecular weight excluding hydrogens is 192 g/mol. The quantitative estimate of drug-likeness (QED) is 0.448. The molecule has 0 aliphatic rings. The minimum absolute atomic E-state index is 0.870. The number of hydrogen-bond donors (Lipinski definition) is 0. The van der Waals surface area contributed by atoms with Crippen LogP contribution < -0.4 is 0 Å². The normalized spacial score (nSPS) is 12.6. The second kappa shape index (κ2) is 13.1. The van der Waals surface area contributed by atoms with Gasteiger partial charge in [0.25, 0.3) is 0 Å². The molecule has 0 aliphatic carbocycles. The van der Waals surface area contributed by atoms with Crippen molar-refractivity contribution in [2.45, 2.75) is 87.0 Å². The van der Waals surface area contributed by atoms with Crippen LogP contribution in [-0.2, 0) is 0 Å². The summed E-state index contributed by atoms with van der Waals surface area (Å²) in [7, 11) is 0. The van der Waals surface area contributed by atoms with Crippen molar-refractivity contribution >= 4 is 0 Å². The minimum Gasteiger partial charge on any atom is -0.0654 e. The number of rotatable bonds is 7. The van der Waals surface area contributed by atoms with Crippen LogP contribution in [0.3, 0.4) is 0 Å². The zero-order valence-electron chi connectivity index (χ0n) is 13.0. The molecule has 0 aromatic rings. The molecule has 0 radical (unpaired) electrons. The van der Waals surface area contributed by atoms with E-state index in [1.54, 1.807) is 0 Å². The first-order valence-corrected chi connectivity index (χ1v) is 7.45. The highest BCUT2D eigenvalue weighted by molar-refractivity contribution is 4.54. The Morgan fingerprint density at radius 1 is 0.688 bits per heavy atom. The fourth-order valence-corrected chi connectivity index (χ4v) is 1.59. The van der Waals surface area contributed by atoms with E-state index in [0.29, 0.717) is 0 Å². The van der Waals surface area contributed by atoms with Crippen LogP contribution in [-0.4, -0.2) is 0 Å². The van der Waals surface area contributed by atoms with E-state index in [2.05, 4.69) is 48.5 Å². The highest BCUT2D eigenvalue weighted by Crippen LogP contribution is 2.14. The molecule has 0 aromatic carbocycles. The first-order chi connectivity index (χ1) is 7.45. The van der Waals surface area contributed by atoms with Crippen molar-refractivity contribution in [3.63, 3.8) is 0 Å². The van der Waals surface area contributed by atoms with Crippen molar-refractivity contribution in [2.24, 2.45) is 17.8 Å². The summed E-state index contributed by atoms with van der Waals surface area (Å²) in [5, 5.41) is 0. The van der Waals surface area contributed by atoms with Gasteiger partial charge in [-0.25, -0.2) is 0 Å². The Hall–Kier alpha value is 0. The van der Waals surface area contributed by atoms with Crippen LogP contribution >= 0.6 is 0 Å². The molecule has 100 valence electrons. The molecule has 1 atom stereocenters. The zero-order chi connectivity index (χ0) is 13.0. The fourth-order valence-electron chi connectivity index (χ4n) is 1.59. The van der Waals surface area contributed by atoms with Gasteiger partial charge in [-0.2, -0.15) is 0 Å². The van der Waals surface area contributed by atoms with E-state index in [1.807, 2.05) is 0 Å². The van der Waals surface area contributed by atoms with E-state index in [9.17, 15) is 0 Å². The molecule has 0 aliphatic heterocycles. The van der Waals surface area contributed by atoms with E-state index >= 15 is 0 Å². The first-order valence-electron chi connectivity index (χ1n) is 7.45. The van der Waals surface area contributed by atoms with Gasteiger partial charge in [0.1, 0.15) is 0 Å². The number of unbranched alkanes of at least 4 members (excludes halogenated alkanes) is 2. The topological polar surface area (TPSA) is 0 Å². The summed E-state index contributed by atoms with van der Waals surface area (Å²) < 4.78 is 0. The summed E-state index contributed by atoms with van der Waals surface area (Å²) in [6.07, 6.45) is 8.32. The summed E-state index contributed by atoms with van der Waals surface area (Å²) >= 11 is 0. The smallest absolute Gasteiger partial charge is 0.0420 e. The van der Waals surface area contributed by atoms with Crippen LogP contribution in [0.5, 0.6) is 0 Å². The van der Waals surface area contributed by atoms with Gasteiger partial charge in [0.2, 0.25) is 0 Å². The first kappa shape index (κ1) is 18.4. The van der Waals surface area contributed by atoms with Gasteiger partial charge in [-0.1, -0.05) is 87.0 Å². The van der Waals surface area contributed by atoms with Crippen molar-refractivity contribution in [3.05, 3.63) is 0 Å². The Balaban J connectivity index is 0. The molecular formula is C16H36. The van der Waals surface area contributed by atoms with Crippen LogP contribution in [0.25, 0.3) is 0 Å². The lowest BCUT2D eigenvalue weighted by molar-refractivity contribution is 0.389. The Morgan fingerprint density at radius 2 is 1.25 bits per heavy atom. The Labute approximate surface area is 105 Å². The maximum atomic E-state index is 2.33. The second-order valence-electron chi connectivity index (χ2n) is 5.90. The molecule has 0 heterocycles. The average Bonchev–Trinajstić information content (AvgIpc) is 2.19. The van der Waals surface area contributed by atoms with Crippen LogP contribution in [0.1, 0.15) is 87.0 Å². The summed E-state index contributed by atoms with van der Waals surface area (Å²) in [5.41, 5.74) is 0. The third-order valence-electron chi connectivity index (χ3n) is 3.27. The van der Waals surface area contributed by atoms with Crippen molar-refractivity contribution < 1.29 is 0 Å². The van der Waals surface area contributed by atoms with Gasteiger partial charge in [-0.05, 0) is 17.8 Å². The highest BCUT2D eigenvalue weighted by Gasteiger charge is 2.03. The van der Waals surface area contributed by atoms with Crippen LogP contribution in [0.2, 0.25) is 0 Å². The van der Waals surface area contributed by atoms with Gasteiger partial charge in [0.05, 0.1) is 0 Å². The largest absolute Gasteiger partial charge is 0.0654 e. The Morgan fingerprint density at radius 3 is 1.50 bits per heavy atom.